The van der Waals surface area contributed by atoms with Gasteiger partial charge < -0.3 is 14.6 Å². The lowest BCUT2D eigenvalue weighted by molar-refractivity contribution is -0.149. The third kappa shape index (κ3) is 6.55. The van der Waals surface area contributed by atoms with Crippen LogP contribution in [0, 0.1) is 24.2 Å². The first-order valence-corrected chi connectivity index (χ1v) is 13.4. The summed E-state index contributed by atoms with van der Waals surface area (Å²) in [5.41, 5.74) is 0.856. The number of aliphatic hydroxyl groups excluding tert-OH is 1. The molecule has 1 aromatic rings. The van der Waals surface area contributed by atoms with Gasteiger partial charge in [0.05, 0.1) is 28.5 Å². The zero-order chi connectivity index (χ0) is 25.3. The van der Waals surface area contributed by atoms with Gasteiger partial charge >= 0.3 is 5.97 Å². The molecule has 1 N–H and O–H groups in total. The second kappa shape index (κ2) is 10.6. The molecule has 0 amide bonds. The van der Waals surface area contributed by atoms with Crippen molar-refractivity contribution in [3.63, 3.8) is 0 Å². The number of nitrogens with zero attached hydrogens (tertiary/aromatic N) is 1. The molecule has 2 saturated heterocycles. The van der Waals surface area contributed by atoms with Crippen LogP contribution >= 0.6 is 11.3 Å². The third-order valence-electron chi connectivity index (χ3n) is 7.72. The highest BCUT2D eigenvalue weighted by Gasteiger charge is 2.52. The Morgan fingerprint density at radius 1 is 1.24 bits per heavy atom. The van der Waals surface area contributed by atoms with E-state index in [-0.39, 0.29) is 35.8 Å². The van der Waals surface area contributed by atoms with Gasteiger partial charge in [-0.15, -0.1) is 11.3 Å². The van der Waals surface area contributed by atoms with E-state index in [0.717, 1.165) is 35.5 Å². The van der Waals surface area contributed by atoms with E-state index in [1.807, 2.05) is 46.1 Å². The van der Waals surface area contributed by atoms with Crippen LogP contribution in [-0.4, -0.2) is 45.8 Å². The van der Waals surface area contributed by atoms with Crippen LogP contribution in [0.2, 0.25) is 0 Å². The molecule has 0 saturated carbocycles. The normalized spacial score (nSPS) is 36.0. The predicted octanol–water partition coefficient (Wildman–Crippen LogP) is 5.51. The molecule has 190 valence electrons. The van der Waals surface area contributed by atoms with Gasteiger partial charge in [-0.3, -0.25) is 9.59 Å². The number of aliphatic hydroxyl groups is 1. The van der Waals surface area contributed by atoms with Crippen LogP contribution in [0.5, 0.6) is 0 Å². The fourth-order valence-corrected chi connectivity index (χ4v) is 5.64. The molecule has 0 bridgehead atoms. The number of hydrogen-bond donors (Lipinski definition) is 1. The van der Waals surface area contributed by atoms with Crippen molar-refractivity contribution in [1.29, 1.82) is 0 Å². The Balaban J connectivity index is 1.81. The second-order valence-corrected chi connectivity index (χ2v) is 12.3. The van der Waals surface area contributed by atoms with Crippen molar-refractivity contribution in [2.75, 3.05) is 0 Å². The fraction of sp³-hybridized carbons (Fsp3) is 0.741. The molecule has 0 spiro atoms. The third-order valence-corrected chi connectivity index (χ3v) is 8.51. The standard InChI is InChI=1S/C27H41NO5S/c1-16-9-8-11-27(7)22(33-27)14-21(17(2)13-20-15-34-19(4)28-20)32-23(29)10-12-26(5,6)25(31)18(3)24(16)30/h13,15-16,18,21-22,24,30H,8-12,14H2,1-7H3/b17-13+/t16?,18?,21?,22-,24?,27+/m1/s1. The van der Waals surface area contributed by atoms with E-state index >= 15 is 0 Å². The number of carbonyl (C=O) groups is 2. The summed E-state index contributed by atoms with van der Waals surface area (Å²) in [7, 11) is 0. The molecule has 0 aromatic carbocycles. The number of ether oxygens (including phenoxy) is 2. The average molecular weight is 492 g/mol. The van der Waals surface area contributed by atoms with E-state index < -0.39 is 23.5 Å². The molecule has 34 heavy (non-hydrogen) atoms. The van der Waals surface area contributed by atoms with Crippen LogP contribution < -0.4 is 0 Å². The number of cyclic esters (lactones) is 1. The first kappa shape index (κ1) is 27.0. The Hall–Kier alpha value is -1.57. The van der Waals surface area contributed by atoms with E-state index in [4.69, 9.17) is 9.47 Å². The van der Waals surface area contributed by atoms with Crippen LogP contribution in [0.1, 0.15) is 90.8 Å². The van der Waals surface area contributed by atoms with Crippen molar-refractivity contribution >= 4 is 29.2 Å². The van der Waals surface area contributed by atoms with Gasteiger partial charge in [0.25, 0.3) is 0 Å². The highest BCUT2D eigenvalue weighted by Crippen LogP contribution is 2.45. The number of fused-ring (bicyclic) bond motifs is 1. The van der Waals surface area contributed by atoms with Gasteiger partial charge in [0, 0.05) is 29.6 Å². The number of aryl methyl sites for hydroxylation is 1. The summed E-state index contributed by atoms with van der Waals surface area (Å²) in [5.74, 6) is -0.776. The SMILES string of the molecule is C/C(=C\c1csc(C)n1)C1C[C@H]2O[C@@]2(C)CCCC(C)C(O)C(C)C(=O)C(C)(C)CCC(=O)O1. The molecular weight excluding hydrogens is 450 g/mol. The topological polar surface area (TPSA) is 89.0 Å². The zero-order valence-electron chi connectivity index (χ0n) is 21.7. The van der Waals surface area contributed by atoms with Crippen molar-refractivity contribution in [1.82, 2.24) is 4.98 Å². The lowest BCUT2D eigenvalue weighted by Gasteiger charge is -2.31. The number of esters is 1. The molecule has 4 unspecified atom stereocenters. The number of hydrogen-bond acceptors (Lipinski definition) is 7. The van der Waals surface area contributed by atoms with Gasteiger partial charge in [-0.2, -0.15) is 0 Å². The first-order chi connectivity index (χ1) is 15.8. The van der Waals surface area contributed by atoms with Gasteiger partial charge in [0.15, 0.2) is 0 Å². The Kier molecular flexibility index (Phi) is 8.42. The maximum Gasteiger partial charge on any atom is 0.306 e. The molecule has 2 aliphatic heterocycles. The van der Waals surface area contributed by atoms with Crippen LogP contribution in [0.25, 0.3) is 6.08 Å². The molecule has 0 aliphatic carbocycles. The van der Waals surface area contributed by atoms with Crippen molar-refractivity contribution in [2.45, 2.75) is 111 Å². The smallest absolute Gasteiger partial charge is 0.306 e. The molecule has 3 rings (SSSR count). The van der Waals surface area contributed by atoms with Crippen LogP contribution in [0.15, 0.2) is 11.0 Å². The van der Waals surface area contributed by atoms with Crippen LogP contribution in [0.3, 0.4) is 0 Å². The number of ketones is 1. The van der Waals surface area contributed by atoms with E-state index in [9.17, 15) is 14.7 Å². The minimum Gasteiger partial charge on any atom is -0.458 e. The molecular formula is C27H41NO5S. The maximum atomic E-state index is 13.2. The summed E-state index contributed by atoms with van der Waals surface area (Å²) in [6, 6.07) is 0. The van der Waals surface area contributed by atoms with Crippen molar-refractivity contribution < 1.29 is 24.2 Å². The molecule has 6 atom stereocenters. The second-order valence-electron chi connectivity index (χ2n) is 11.2. The van der Waals surface area contributed by atoms with Crippen LogP contribution in [-0.2, 0) is 19.1 Å². The number of rotatable bonds is 2. The van der Waals surface area contributed by atoms with Gasteiger partial charge in [-0.1, -0.05) is 34.1 Å². The Morgan fingerprint density at radius 2 is 1.94 bits per heavy atom. The zero-order valence-corrected chi connectivity index (χ0v) is 22.5. The lowest BCUT2D eigenvalue weighted by atomic mass is 9.74. The Labute approximate surface area is 208 Å². The summed E-state index contributed by atoms with van der Waals surface area (Å²) in [6.07, 6.45) is 4.68. The molecule has 7 heteroatoms. The molecule has 6 nitrogen and oxygen atoms in total. The summed E-state index contributed by atoms with van der Waals surface area (Å²) in [5, 5.41) is 13.8. The molecule has 3 heterocycles. The Morgan fingerprint density at radius 3 is 2.59 bits per heavy atom. The number of carbonyl (C=O) groups excluding carboxylic acids is 2. The minimum absolute atomic E-state index is 0.00387. The molecule has 0 radical (unpaired) electrons. The molecule has 2 aliphatic rings. The Bertz CT molecular complexity index is 922. The first-order valence-electron chi connectivity index (χ1n) is 12.5. The summed E-state index contributed by atoms with van der Waals surface area (Å²) in [6.45, 7) is 13.6. The van der Waals surface area contributed by atoms with E-state index in [1.54, 1.807) is 18.3 Å². The highest BCUT2D eigenvalue weighted by molar-refractivity contribution is 7.09. The summed E-state index contributed by atoms with van der Waals surface area (Å²) < 4.78 is 12.0. The quantitative estimate of drug-likeness (QED) is 0.434. The number of Topliss-reactive ketones (excluding diaryl/α,β-unsaturated/α-hetero) is 1. The van der Waals surface area contributed by atoms with E-state index in [0.29, 0.717) is 12.8 Å². The highest BCUT2D eigenvalue weighted by atomic mass is 32.1. The minimum atomic E-state index is -0.715. The fourth-order valence-electron chi connectivity index (χ4n) is 5.07. The van der Waals surface area contributed by atoms with Crippen molar-refractivity contribution in [3.05, 3.63) is 21.7 Å². The average Bonchev–Trinajstić information content (AvgIpc) is 3.21. The summed E-state index contributed by atoms with van der Waals surface area (Å²) in [4.78, 5) is 30.6. The number of epoxide rings is 1. The van der Waals surface area contributed by atoms with Gasteiger partial charge in [-0.05, 0) is 57.6 Å². The van der Waals surface area contributed by atoms with Gasteiger partial charge in [-0.25, -0.2) is 4.98 Å². The molecule has 2 fully saturated rings. The van der Waals surface area contributed by atoms with Gasteiger partial charge in [0.2, 0.25) is 0 Å². The van der Waals surface area contributed by atoms with Crippen molar-refractivity contribution in [2.24, 2.45) is 17.3 Å². The summed E-state index contributed by atoms with van der Waals surface area (Å²) >= 11 is 1.59. The van der Waals surface area contributed by atoms with E-state index in [2.05, 4.69) is 11.9 Å². The van der Waals surface area contributed by atoms with Crippen LogP contribution in [0.4, 0.5) is 0 Å². The van der Waals surface area contributed by atoms with E-state index in [1.165, 1.54) is 0 Å². The maximum absolute atomic E-state index is 13.2. The molecule has 1 aromatic heterocycles. The van der Waals surface area contributed by atoms with Gasteiger partial charge in [0.1, 0.15) is 11.9 Å². The number of thiazole rings is 1. The van der Waals surface area contributed by atoms with Crippen molar-refractivity contribution in [3.8, 4) is 0 Å². The number of aromatic nitrogens is 1. The largest absolute Gasteiger partial charge is 0.458 e. The monoisotopic (exact) mass is 491 g/mol. The lowest BCUT2D eigenvalue weighted by Crippen LogP contribution is -2.39. The predicted molar refractivity (Wildman–Crippen MR) is 134 cm³/mol.